The first-order valence-electron chi connectivity index (χ1n) is 19.5. The highest BCUT2D eigenvalue weighted by Gasteiger charge is 2.46. The number of fused-ring (bicyclic) bond motifs is 11. The van der Waals surface area contributed by atoms with Gasteiger partial charge in [-0.25, -0.2) is 15.0 Å². The van der Waals surface area contributed by atoms with E-state index in [2.05, 4.69) is 114 Å². The van der Waals surface area contributed by atoms with Crippen molar-refractivity contribution in [1.29, 1.82) is 0 Å². The zero-order valence-corrected chi connectivity index (χ0v) is 30.3. The Morgan fingerprint density at radius 2 is 1.25 bits per heavy atom. The topological polar surface area (TPSA) is 56.7 Å². The molecule has 3 aromatic heterocycles. The van der Waals surface area contributed by atoms with E-state index in [0.717, 1.165) is 57.3 Å². The molecule has 3 aliphatic rings. The number of benzene rings is 6. The van der Waals surface area contributed by atoms with E-state index in [-0.39, 0.29) is 5.41 Å². The molecule has 0 atom stereocenters. The van der Waals surface area contributed by atoms with Gasteiger partial charge in [0.25, 0.3) is 0 Å². The van der Waals surface area contributed by atoms with Gasteiger partial charge in [0, 0.05) is 49.3 Å². The quantitative estimate of drug-likeness (QED) is 0.183. The first kappa shape index (κ1) is 30.8. The van der Waals surface area contributed by atoms with Crippen LogP contribution in [0.2, 0.25) is 0 Å². The molecule has 5 nitrogen and oxygen atoms in total. The third-order valence-corrected chi connectivity index (χ3v) is 12.5. The number of para-hydroxylation sites is 1. The Morgan fingerprint density at radius 1 is 0.564 bits per heavy atom. The molecule has 1 spiro atoms. The van der Waals surface area contributed by atoms with Gasteiger partial charge in [-0.05, 0) is 84.8 Å². The van der Waals surface area contributed by atoms with Crippen LogP contribution in [0.15, 0.2) is 156 Å². The molecule has 0 bridgehead atoms. The van der Waals surface area contributed by atoms with Gasteiger partial charge in [-0.2, -0.15) is 0 Å². The van der Waals surface area contributed by atoms with Crippen molar-refractivity contribution in [2.75, 3.05) is 0 Å². The third kappa shape index (κ3) is 4.50. The molecule has 0 amide bonds. The highest BCUT2D eigenvalue weighted by atomic mass is 16.3. The fourth-order valence-electron chi connectivity index (χ4n) is 10.1. The molecule has 55 heavy (non-hydrogen) atoms. The predicted molar refractivity (Wildman–Crippen MR) is 223 cm³/mol. The SMILES string of the molecule is C1=CC2=C(CC1)C1(CCCC1)c1cc3c(cc12)c1c2c(ccc1n3-c1cccc(-c3nc(-c4ccccc4)nc(-c4ccccc4)n3)c1)oc1ccccc12. The molecule has 6 aromatic carbocycles. The zero-order valence-electron chi connectivity index (χ0n) is 30.3. The first-order valence-corrected chi connectivity index (χ1v) is 19.5. The molecular formula is C50H36N4O. The summed E-state index contributed by atoms with van der Waals surface area (Å²) >= 11 is 0. The van der Waals surface area contributed by atoms with Crippen LogP contribution in [0.25, 0.3) is 89.2 Å². The van der Waals surface area contributed by atoms with Crippen LogP contribution < -0.4 is 0 Å². The minimum absolute atomic E-state index is 0.136. The van der Waals surface area contributed by atoms with Crippen molar-refractivity contribution in [3.8, 4) is 39.9 Å². The Hall–Kier alpha value is -6.59. The summed E-state index contributed by atoms with van der Waals surface area (Å²) in [7, 11) is 0. The Bertz CT molecular complexity index is 3030. The summed E-state index contributed by atoms with van der Waals surface area (Å²) < 4.78 is 8.97. The van der Waals surface area contributed by atoms with Crippen LogP contribution in [0.4, 0.5) is 0 Å². The van der Waals surface area contributed by atoms with Gasteiger partial charge in [-0.1, -0.05) is 122 Å². The number of furan rings is 1. The van der Waals surface area contributed by atoms with Crippen molar-refractivity contribution in [1.82, 2.24) is 19.5 Å². The fourth-order valence-corrected chi connectivity index (χ4v) is 10.1. The Balaban J connectivity index is 1.14. The van der Waals surface area contributed by atoms with Crippen molar-refractivity contribution in [2.45, 2.75) is 43.9 Å². The molecule has 0 radical (unpaired) electrons. The van der Waals surface area contributed by atoms with E-state index in [1.165, 1.54) is 64.1 Å². The zero-order chi connectivity index (χ0) is 36.1. The maximum Gasteiger partial charge on any atom is 0.164 e. The van der Waals surface area contributed by atoms with E-state index in [1.54, 1.807) is 5.57 Å². The van der Waals surface area contributed by atoms with Gasteiger partial charge < -0.3 is 8.98 Å². The van der Waals surface area contributed by atoms with Gasteiger partial charge >= 0.3 is 0 Å². The molecule has 1 fully saturated rings. The molecule has 0 N–H and O–H groups in total. The smallest absolute Gasteiger partial charge is 0.164 e. The number of hydrogen-bond donors (Lipinski definition) is 0. The minimum Gasteiger partial charge on any atom is -0.456 e. The third-order valence-electron chi connectivity index (χ3n) is 12.5. The van der Waals surface area contributed by atoms with Crippen molar-refractivity contribution < 1.29 is 4.42 Å². The summed E-state index contributed by atoms with van der Waals surface area (Å²) in [5.41, 5.74) is 14.4. The van der Waals surface area contributed by atoms with Crippen LogP contribution in [0, 0.1) is 0 Å². The Kier molecular flexibility index (Phi) is 6.56. The molecular weight excluding hydrogens is 673 g/mol. The molecule has 3 heterocycles. The van der Waals surface area contributed by atoms with Crippen LogP contribution in [0.1, 0.15) is 49.7 Å². The van der Waals surface area contributed by atoms with E-state index in [4.69, 9.17) is 19.4 Å². The lowest BCUT2D eigenvalue weighted by atomic mass is 9.73. The van der Waals surface area contributed by atoms with Gasteiger partial charge in [0.1, 0.15) is 11.2 Å². The second kappa shape index (κ2) is 11.7. The largest absolute Gasteiger partial charge is 0.456 e. The van der Waals surface area contributed by atoms with E-state index in [9.17, 15) is 0 Å². The summed E-state index contributed by atoms with van der Waals surface area (Å²) in [5, 5.41) is 4.81. The number of allylic oxidation sites excluding steroid dienone is 4. The van der Waals surface area contributed by atoms with Gasteiger partial charge in [-0.15, -0.1) is 0 Å². The van der Waals surface area contributed by atoms with Gasteiger partial charge in [0.05, 0.1) is 11.0 Å². The second-order valence-electron chi connectivity index (χ2n) is 15.4. The van der Waals surface area contributed by atoms with Crippen LogP contribution in [-0.2, 0) is 5.41 Å². The maximum absolute atomic E-state index is 6.50. The van der Waals surface area contributed by atoms with E-state index in [0.29, 0.717) is 17.5 Å². The van der Waals surface area contributed by atoms with Gasteiger partial charge in [0.15, 0.2) is 17.5 Å². The summed E-state index contributed by atoms with van der Waals surface area (Å²) in [6, 6.07) is 47.0. The summed E-state index contributed by atoms with van der Waals surface area (Å²) in [4.78, 5) is 15.1. The number of hydrogen-bond acceptors (Lipinski definition) is 4. The Labute approximate surface area is 318 Å². The van der Waals surface area contributed by atoms with Gasteiger partial charge in [-0.3, -0.25) is 0 Å². The van der Waals surface area contributed by atoms with Crippen molar-refractivity contribution >= 4 is 49.3 Å². The van der Waals surface area contributed by atoms with E-state index in [1.807, 2.05) is 36.4 Å². The summed E-state index contributed by atoms with van der Waals surface area (Å²) in [6.07, 6.45) is 12.1. The molecule has 1 saturated carbocycles. The number of nitrogens with zero attached hydrogens (tertiary/aromatic N) is 4. The van der Waals surface area contributed by atoms with Crippen LogP contribution >= 0.6 is 0 Å². The summed E-state index contributed by atoms with van der Waals surface area (Å²) in [6.45, 7) is 0. The van der Waals surface area contributed by atoms with Crippen molar-refractivity contribution in [2.24, 2.45) is 0 Å². The first-order chi connectivity index (χ1) is 27.2. The molecule has 262 valence electrons. The average Bonchev–Trinajstić information content (AvgIpc) is 4.03. The average molecular weight is 709 g/mol. The molecule has 3 aliphatic carbocycles. The molecule has 0 aliphatic heterocycles. The highest BCUT2D eigenvalue weighted by Crippen LogP contribution is 2.59. The number of rotatable bonds is 4. The predicted octanol–water partition coefficient (Wildman–Crippen LogP) is 12.8. The molecule has 0 saturated heterocycles. The van der Waals surface area contributed by atoms with Crippen LogP contribution in [0.5, 0.6) is 0 Å². The normalized spacial score (nSPS) is 15.9. The van der Waals surface area contributed by atoms with Gasteiger partial charge in [0.2, 0.25) is 0 Å². The van der Waals surface area contributed by atoms with E-state index < -0.39 is 0 Å². The fraction of sp³-hybridized carbons (Fsp3) is 0.140. The molecule has 12 rings (SSSR count). The monoisotopic (exact) mass is 708 g/mol. The van der Waals surface area contributed by atoms with Crippen LogP contribution in [-0.4, -0.2) is 19.5 Å². The molecule has 0 unspecified atom stereocenters. The maximum atomic E-state index is 6.50. The Morgan fingerprint density at radius 3 is 2.02 bits per heavy atom. The lowest BCUT2D eigenvalue weighted by Gasteiger charge is -2.30. The molecule has 5 heteroatoms. The minimum atomic E-state index is 0.136. The summed E-state index contributed by atoms with van der Waals surface area (Å²) in [5.74, 6) is 1.96. The van der Waals surface area contributed by atoms with Crippen molar-refractivity contribution in [3.63, 3.8) is 0 Å². The molecule has 9 aromatic rings. The highest BCUT2D eigenvalue weighted by molar-refractivity contribution is 6.28. The van der Waals surface area contributed by atoms with E-state index >= 15 is 0 Å². The lowest BCUT2D eigenvalue weighted by Crippen LogP contribution is -2.22. The second-order valence-corrected chi connectivity index (χ2v) is 15.4. The standard InChI is InChI=1S/C50H36N4O/c1-3-14-31(15-4-1)47-51-48(32-16-5-2-6-17-32)53-49(52-47)33-18-13-19-34(28-33)54-41-24-25-44-46(36-21-8-10-23-43(36)55-44)45(41)38-29-37-35-20-7-9-22-39(35)50(26-11-12-27-50)40(37)30-42(38)54/h1-8,10,13-21,23-25,28-30H,9,11-12,22,26-27H2. The van der Waals surface area contributed by atoms with Crippen molar-refractivity contribution in [3.05, 3.63) is 162 Å². The van der Waals surface area contributed by atoms with Crippen LogP contribution in [0.3, 0.4) is 0 Å². The lowest BCUT2D eigenvalue weighted by molar-refractivity contribution is 0.514. The number of aromatic nitrogens is 4.